The molecule has 0 amide bonds. The third-order valence-corrected chi connectivity index (χ3v) is 3.79. The van der Waals surface area contributed by atoms with Gasteiger partial charge in [-0.05, 0) is 18.9 Å². The van der Waals surface area contributed by atoms with E-state index < -0.39 is 6.10 Å². The summed E-state index contributed by atoms with van der Waals surface area (Å²) in [5.74, 6) is 2.20. The van der Waals surface area contributed by atoms with Crippen LogP contribution in [0.2, 0.25) is 0 Å². The topological polar surface area (TPSA) is 68.4 Å². The highest BCUT2D eigenvalue weighted by molar-refractivity contribution is 5.40. The average Bonchev–Trinajstić information content (AvgIpc) is 2.95. The molecule has 2 heterocycles. The summed E-state index contributed by atoms with van der Waals surface area (Å²) < 4.78 is 10.9. The highest BCUT2D eigenvalue weighted by Crippen LogP contribution is 2.36. The zero-order valence-corrected chi connectivity index (χ0v) is 12.2. The summed E-state index contributed by atoms with van der Waals surface area (Å²) in [6, 6.07) is 7.96. The van der Waals surface area contributed by atoms with Crippen molar-refractivity contribution in [2.45, 2.75) is 44.6 Å². The van der Waals surface area contributed by atoms with E-state index in [1.54, 1.807) is 0 Å². The fourth-order valence-electron chi connectivity index (χ4n) is 2.74. The molecule has 5 heteroatoms. The van der Waals surface area contributed by atoms with E-state index in [1.807, 2.05) is 31.2 Å². The summed E-state index contributed by atoms with van der Waals surface area (Å²) >= 11 is 0. The van der Waals surface area contributed by atoms with Crippen molar-refractivity contribution in [3.8, 4) is 5.75 Å². The second-order valence-corrected chi connectivity index (χ2v) is 5.42. The molecule has 2 aromatic rings. The first-order valence-corrected chi connectivity index (χ1v) is 7.50. The number of ether oxygens (including phenoxy) is 1. The number of nitrogens with zero attached hydrogens (tertiary/aromatic N) is 2. The van der Waals surface area contributed by atoms with Gasteiger partial charge in [0.1, 0.15) is 5.75 Å². The van der Waals surface area contributed by atoms with Crippen molar-refractivity contribution in [1.82, 2.24) is 10.1 Å². The maximum Gasteiger partial charge on any atom is 0.229 e. The number of aliphatic hydroxyl groups is 1. The van der Waals surface area contributed by atoms with Crippen LogP contribution in [0.5, 0.6) is 5.75 Å². The molecule has 3 rings (SSSR count). The molecule has 2 atom stereocenters. The molecule has 112 valence electrons. The number of rotatable bonds is 5. The number of hydrogen-bond acceptors (Lipinski definition) is 5. The largest absolute Gasteiger partial charge is 0.493 e. The van der Waals surface area contributed by atoms with E-state index in [2.05, 4.69) is 10.1 Å². The molecule has 21 heavy (non-hydrogen) atoms. The van der Waals surface area contributed by atoms with Crippen LogP contribution in [0, 0.1) is 0 Å². The lowest BCUT2D eigenvalue weighted by molar-refractivity contribution is 0.151. The summed E-state index contributed by atoms with van der Waals surface area (Å²) in [6.45, 7) is 2.70. The number of benzene rings is 1. The maximum atomic E-state index is 9.83. The van der Waals surface area contributed by atoms with E-state index >= 15 is 0 Å². The van der Waals surface area contributed by atoms with E-state index in [-0.39, 0.29) is 5.92 Å². The van der Waals surface area contributed by atoms with Crippen LogP contribution in [0.25, 0.3) is 0 Å². The van der Waals surface area contributed by atoms with E-state index in [9.17, 15) is 5.11 Å². The molecule has 0 saturated carbocycles. The Kier molecular flexibility index (Phi) is 4.20. The minimum Gasteiger partial charge on any atom is -0.493 e. The smallest absolute Gasteiger partial charge is 0.229 e. The van der Waals surface area contributed by atoms with Gasteiger partial charge in [0.15, 0.2) is 5.82 Å². The Morgan fingerprint density at radius 2 is 2.24 bits per heavy atom. The Balaban J connectivity index is 1.78. The Morgan fingerprint density at radius 3 is 3.10 bits per heavy atom. The summed E-state index contributed by atoms with van der Waals surface area (Å²) in [4.78, 5) is 4.46. The quantitative estimate of drug-likeness (QED) is 0.916. The van der Waals surface area contributed by atoms with E-state index in [0.29, 0.717) is 24.7 Å². The van der Waals surface area contributed by atoms with Gasteiger partial charge in [-0.3, -0.25) is 0 Å². The lowest BCUT2D eigenvalue weighted by Crippen LogP contribution is -2.16. The SMILES string of the molecule is CCCC(O)Cc1nc(C2CCOc3ccccc32)no1. The van der Waals surface area contributed by atoms with Crippen molar-refractivity contribution in [1.29, 1.82) is 0 Å². The van der Waals surface area contributed by atoms with Gasteiger partial charge in [0.05, 0.1) is 25.0 Å². The Morgan fingerprint density at radius 1 is 1.38 bits per heavy atom. The lowest BCUT2D eigenvalue weighted by atomic mass is 9.92. The van der Waals surface area contributed by atoms with Crippen molar-refractivity contribution in [2.75, 3.05) is 6.61 Å². The first kappa shape index (κ1) is 14.1. The minimum absolute atomic E-state index is 0.107. The van der Waals surface area contributed by atoms with Crippen LogP contribution < -0.4 is 4.74 Å². The predicted molar refractivity (Wildman–Crippen MR) is 77.3 cm³/mol. The Labute approximate surface area is 123 Å². The summed E-state index contributed by atoms with van der Waals surface area (Å²) in [5, 5.41) is 13.9. The molecule has 1 aliphatic heterocycles. The second kappa shape index (κ2) is 6.26. The van der Waals surface area contributed by atoms with Crippen LogP contribution in [-0.4, -0.2) is 28.0 Å². The van der Waals surface area contributed by atoms with Crippen molar-refractivity contribution < 1.29 is 14.4 Å². The van der Waals surface area contributed by atoms with Gasteiger partial charge >= 0.3 is 0 Å². The zero-order chi connectivity index (χ0) is 14.7. The third-order valence-electron chi connectivity index (χ3n) is 3.79. The molecular formula is C16H20N2O3. The third kappa shape index (κ3) is 3.08. The summed E-state index contributed by atoms with van der Waals surface area (Å²) in [5.41, 5.74) is 1.10. The molecule has 0 radical (unpaired) electrons. The second-order valence-electron chi connectivity index (χ2n) is 5.42. The average molecular weight is 288 g/mol. The standard InChI is InChI=1S/C16H20N2O3/c1-2-5-11(19)10-15-17-16(18-21-15)13-8-9-20-14-7-4-3-6-12(13)14/h3-4,6-7,11,13,19H,2,5,8-10H2,1H3. The molecule has 1 N–H and O–H groups in total. The number of aliphatic hydroxyl groups excluding tert-OH is 1. The van der Waals surface area contributed by atoms with Gasteiger partial charge in [-0.15, -0.1) is 0 Å². The first-order valence-electron chi connectivity index (χ1n) is 7.50. The fourth-order valence-corrected chi connectivity index (χ4v) is 2.74. The number of fused-ring (bicyclic) bond motifs is 1. The van der Waals surface area contributed by atoms with E-state index in [0.717, 1.165) is 30.6 Å². The molecule has 2 unspecified atom stereocenters. The maximum absolute atomic E-state index is 9.83. The normalized spacial score (nSPS) is 18.9. The Hall–Kier alpha value is -1.88. The van der Waals surface area contributed by atoms with E-state index in [1.165, 1.54) is 0 Å². The molecule has 1 aromatic carbocycles. The fraction of sp³-hybridized carbons (Fsp3) is 0.500. The molecule has 1 aromatic heterocycles. The van der Waals surface area contributed by atoms with Gasteiger partial charge < -0.3 is 14.4 Å². The van der Waals surface area contributed by atoms with Crippen molar-refractivity contribution in [2.24, 2.45) is 0 Å². The lowest BCUT2D eigenvalue weighted by Gasteiger charge is -2.23. The number of para-hydroxylation sites is 1. The molecule has 5 nitrogen and oxygen atoms in total. The minimum atomic E-state index is -0.412. The van der Waals surface area contributed by atoms with Crippen LogP contribution in [0.3, 0.4) is 0 Å². The van der Waals surface area contributed by atoms with Gasteiger partial charge in [0, 0.05) is 5.56 Å². The molecule has 0 fully saturated rings. The summed E-state index contributed by atoms with van der Waals surface area (Å²) in [6.07, 6.45) is 2.54. The van der Waals surface area contributed by atoms with Crippen LogP contribution in [-0.2, 0) is 6.42 Å². The van der Waals surface area contributed by atoms with Crippen LogP contribution >= 0.6 is 0 Å². The van der Waals surface area contributed by atoms with Crippen molar-refractivity contribution in [3.63, 3.8) is 0 Å². The highest BCUT2D eigenvalue weighted by atomic mass is 16.5. The van der Waals surface area contributed by atoms with Gasteiger partial charge in [-0.1, -0.05) is 36.7 Å². The number of hydrogen-bond donors (Lipinski definition) is 1. The molecule has 0 saturated heterocycles. The first-order chi connectivity index (χ1) is 10.3. The molecule has 0 aliphatic carbocycles. The van der Waals surface area contributed by atoms with Gasteiger partial charge in [0.25, 0.3) is 0 Å². The van der Waals surface area contributed by atoms with Crippen LogP contribution in [0.1, 0.15) is 49.4 Å². The van der Waals surface area contributed by atoms with Crippen LogP contribution in [0.15, 0.2) is 28.8 Å². The van der Waals surface area contributed by atoms with Crippen molar-refractivity contribution in [3.05, 3.63) is 41.5 Å². The molecular weight excluding hydrogens is 268 g/mol. The van der Waals surface area contributed by atoms with Crippen molar-refractivity contribution >= 4 is 0 Å². The van der Waals surface area contributed by atoms with E-state index in [4.69, 9.17) is 9.26 Å². The molecule has 0 bridgehead atoms. The Bertz CT molecular complexity index is 597. The van der Waals surface area contributed by atoms with Gasteiger partial charge in [0.2, 0.25) is 5.89 Å². The summed E-state index contributed by atoms with van der Waals surface area (Å²) in [7, 11) is 0. The molecule has 1 aliphatic rings. The van der Waals surface area contributed by atoms with Crippen LogP contribution in [0.4, 0.5) is 0 Å². The predicted octanol–water partition coefficient (Wildman–Crippen LogP) is 2.69. The van der Waals surface area contributed by atoms with Gasteiger partial charge in [-0.25, -0.2) is 0 Å². The highest BCUT2D eigenvalue weighted by Gasteiger charge is 2.27. The number of aromatic nitrogens is 2. The zero-order valence-electron chi connectivity index (χ0n) is 12.2. The molecule has 0 spiro atoms. The monoisotopic (exact) mass is 288 g/mol. The van der Waals surface area contributed by atoms with Gasteiger partial charge in [-0.2, -0.15) is 4.98 Å².